The van der Waals surface area contributed by atoms with Gasteiger partial charge in [0.2, 0.25) is 17.0 Å². The average molecular weight is 489 g/mol. The molecule has 3 heterocycles. The summed E-state index contributed by atoms with van der Waals surface area (Å²) in [5, 5.41) is 6.69. The number of guanidine groups is 1. The maximum absolute atomic E-state index is 11.5. The second kappa shape index (κ2) is 11.0. The Morgan fingerprint density at radius 2 is 1.66 bits per heavy atom. The van der Waals surface area contributed by atoms with E-state index in [9.17, 15) is 4.79 Å². The van der Waals surface area contributed by atoms with Gasteiger partial charge in [-0.1, -0.05) is 6.07 Å². The second-order valence-corrected chi connectivity index (χ2v) is 8.65. The molecule has 9 nitrogen and oxygen atoms in total. The van der Waals surface area contributed by atoms with Crippen molar-refractivity contribution in [1.29, 1.82) is 0 Å². The summed E-state index contributed by atoms with van der Waals surface area (Å²) in [5.41, 5.74) is 3.13. The highest BCUT2D eigenvalue weighted by Crippen LogP contribution is 2.15. The number of nitrogens with zero attached hydrogens (tertiary/aromatic N) is 6. The number of ketones is 1. The summed E-state index contributed by atoms with van der Waals surface area (Å²) in [4.78, 5) is 34.1. The first-order valence-corrected chi connectivity index (χ1v) is 11.8. The van der Waals surface area contributed by atoms with E-state index in [0.717, 1.165) is 49.1 Å². The van der Waals surface area contributed by atoms with Crippen LogP contribution in [0, 0.1) is 13.8 Å². The summed E-state index contributed by atoms with van der Waals surface area (Å²) in [6.45, 7) is 8.43. The molecular formula is C25H28N8OS. The molecule has 1 aliphatic rings. The molecular weight excluding hydrogens is 460 g/mol. The Morgan fingerprint density at radius 1 is 0.971 bits per heavy atom. The molecule has 10 heteroatoms. The Balaban J connectivity index is 1.52. The van der Waals surface area contributed by atoms with Crippen molar-refractivity contribution in [3.8, 4) is 0 Å². The molecule has 180 valence electrons. The SMILES string of the molecule is CC(=O)c1ccc(NC(=S)/N=C(/Nc2nc(C)cc(C)n2)N2CCN(c3ccccn3)CC2)cc1. The molecule has 2 N–H and O–H groups in total. The van der Waals surface area contributed by atoms with Gasteiger partial charge < -0.3 is 15.1 Å². The zero-order chi connectivity index (χ0) is 24.8. The first-order valence-electron chi connectivity index (χ1n) is 11.4. The number of aryl methyl sites for hydroxylation is 2. The molecule has 4 rings (SSSR count). The molecule has 2 aromatic heterocycles. The lowest BCUT2D eigenvalue weighted by molar-refractivity contribution is 0.101. The van der Waals surface area contributed by atoms with Gasteiger partial charge in [-0.05, 0) is 75.5 Å². The monoisotopic (exact) mass is 488 g/mol. The van der Waals surface area contributed by atoms with Crippen LogP contribution in [0.1, 0.15) is 28.7 Å². The van der Waals surface area contributed by atoms with Crippen LogP contribution in [0.25, 0.3) is 0 Å². The number of carbonyl (C=O) groups is 1. The molecule has 1 aliphatic heterocycles. The van der Waals surface area contributed by atoms with Crippen LogP contribution in [-0.4, -0.2) is 62.9 Å². The van der Waals surface area contributed by atoms with Gasteiger partial charge in [0.25, 0.3) is 0 Å². The van der Waals surface area contributed by atoms with E-state index in [-0.39, 0.29) is 5.78 Å². The summed E-state index contributed by atoms with van der Waals surface area (Å²) < 4.78 is 0. The summed E-state index contributed by atoms with van der Waals surface area (Å²) in [6.07, 6.45) is 1.81. The first-order chi connectivity index (χ1) is 16.9. The molecule has 0 bridgehead atoms. The Morgan fingerprint density at radius 3 is 2.26 bits per heavy atom. The lowest BCUT2D eigenvalue weighted by atomic mass is 10.1. The van der Waals surface area contributed by atoms with Gasteiger partial charge in [-0.3, -0.25) is 10.1 Å². The first kappa shape index (κ1) is 24.2. The van der Waals surface area contributed by atoms with Crippen LogP contribution in [0.15, 0.2) is 59.7 Å². The molecule has 0 radical (unpaired) electrons. The van der Waals surface area contributed by atoms with Crippen molar-refractivity contribution >= 4 is 46.5 Å². The van der Waals surface area contributed by atoms with Gasteiger partial charge in [0.15, 0.2) is 5.78 Å². The van der Waals surface area contributed by atoms with Crippen LogP contribution < -0.4 is 15.5 Å². The number of aliphatic imine (C=N–C) groups is 1. The van der Waals surface area contributed by atoms with Gasteiger partial charge >= 0.3 is 0 Å². The number of hydrogen-bond donors (Lipinski definition) is 2. The van der Waals surface area contributed by atoms with Crippen LogP contribution in [-0.2, 0) is 0 Å². The van der Waals surface area contributed by atoms with E-state index in [2.05, 4.69) is 40.4 Å². The minimum atomic E-state index is 0.0157. The Kier molecular flexibility index (Phi) is 7.61. The minimum Gasteiger partial charge on any atom is -0.353 e. The lowest BCUT2D eigenvalue weighted by Crippen LogP contribution is -2.51. The van der Waals surface area contributed by atoms with E-state index in [0.29, 0.717) is 22.6 Å². The van der Waals surface area contributed by atoms with Crippen molar-refractivity contribution in [3.05, 3.63) is 71.7 Å². The smallest absolute Gasteiger partial charge is 0.229 e. The third-order valence-electron chi connectivity index (χ3n) is 5.51. The topological polar surface area (TPSA) is 98.6 Å². The Labute approximate surface area is 210 Å². The fraction of sp³-hybridized carbons (Fsp3) is 0.280. The van der Waals surface area contributed by atoms with Crippen LogP contribution in [0.2, 0.25) is 0 Å². The zero-order valence-electron chi connectivity index (χ0n) is 20.0. The van der Waals surface area contributed by atoms with Crippen molar-refractivity contribution in [2.75, 3.05) is 41.7 Å². The second-order valence-electron chi connectivity index (χ2n) is 8.26. The number of pyridine rings is 1. The van der Waals surface area contributed by atoms with Gasteiger partial charge in [-0.15, -0.1) is 0 Å². The predicted octanol–water partition coefficient (Wildman–Crippen LogP) is 3.68. The molecule has 1 fully saturated rings. The van der Waals surface area contributed by atoms with Crippen molar-refractivity contribution in [2.45, 2.75) is 20.8 Å². The van der Waals surface area contributed by atoms with Gasteiger partial charge in [0, 0.05) is 55.0 Å². The van der Waals surface area contributed by atoms with Crippen LogP contribution in [0.4, 0.5) is 17.5 Å². The van der Waals surface area contributed by atoms with E-state index >= 15 is 0 Å². The van der Waals surface area contributed by atoms with E-state index in [1.807, 2.05) is 50.2 Å². The van der Waals surface area contributed by atoms with E-state index in [1.54, 1.807) is 18.3 Å². The minimum absolute atomic E-state index is 0.0157. The fourth-order valence-electron chi connectivity index (χ4n) is 3.78. The zero-order valence-corrected chi connectivity index (χ0v) is 20.8. The average Bonchev–Trinajstić information content (AvgIpc) is 2.84. The predicted molar refractivity (Wildman–Crippen MR) is 143 cm³/mol. The number of rotatable bonds is 4. The van der Waals surface area contributed by atoms with Gasteiger partial charge in [0.1, 0.15) is 5.82 Å². The summed E-state index contributed by atoms with van der Waals surface area (Å²) in [5.74, 6) is 2.03. The molecule has 0 aliphatic carbocycles. The summed E-state index contributed by atoms with van der Waals surface area (Å²) in [6, 6.07) is 15.0. The molecule has 3 aromatic rings. The largest absolute Gasteiger partial charge is 0.353 e. The van der Waals surface area contributed by atoms with Crippen LogP contribution >= 0.6 is 12.2 Å². The molecule has 0 atom stereocenters. The maximum Gasteiger partial charge on any atom is 0.229 e. The van der Waals surface area contributed by atoms with E-state index < -0.39 is 0 Å². The van der Waals surface area contributed by atoms with Crippen molar-refractivity contribution in [2.24, 2.45) is 4.99 Å². The van der Waals surface area contributed by atoms with Gasteiger partial charge in [-0.2, -0.15) is 4.99 Å². The molecule has 35 heavy (non-hydrogen) atoms. The number of carbonyl (C=O) groups excluding carboxylic acids is 1. The number of anilines is 3. The Hall–Kier alpha value is -3.92. The third kappa shape index (κ3) is 6.57. The molecule has 0 amide bonds. The standard InChI is InChI=1S/C25H28N8OS/c1-17-16-18(2)28-23(27-17)30-24(31-25(35)29-21-9-7-20(8-10-21)19(3)34)33-14-12-32(13-15-33)22-6-4-5-11-26-22/h4-11,16H,12-15H2,1-3H3,(H2,27,28,29,30,31,35). The van der Waals surface area contributed by atoms with Crippen molar-refractivity contribution in [1.82, 2.24) is 19.9 Å². The highest BCUT2D eigenvalue weighted by molar-refractivity contribution is 7.80. The van der Waals surface area contributed by atoms with Crippen molar-refractivity contribution < 1.29 is 4.79 Å². The molecule has 1 saturated heterocycles. The summed E-state index contributed by atoms with van der Waals surface area (Å²) in [7, 11) is 0. The quantitative estimate of drug-likeness (QED) is 0.247. The molecule has 0 saturated carbocycles. The van der Waals surface area contributed by atoms with Crippen molar-refractivity contribution in [3.63, 3.8) is 0 Å². The molecule has 0 spiro atoms. The molecule has 0 unspecified atom stereocenters. The number of nitrogens with one attached hydrogen (secondary N) is 2. The summed E-state index contributed by atoms with van der Waals surface area (Å²) >= 11 is 5.54. The Bertz CT molecular complexity index is 1200. The number of benzene rings is 1. The molecule has 1 aromatic carbocycles. The van der Waals surface area contributed by atoms with Crippen LogP contribution in [0.5, 0.6) is 0 Å². The third-order valence-corrected chi connectivity index (χ3v) is 5.70. The normalized spacial score (nSPS) is 14.0. The highest BCUT2D eigenvalue weighted by atomic mass is 32.1. The fourth-order valence-corrected chi connectivity index (χ4v) is 3.99. The maximum atomic E-state index is 11.5. The van der Waals surface area contributed by atoms with E-state index in [4.69, 9.17) is 12.2 Å². The van der Waals surface area contributed by atoms with Crippen LogP contribution in [0.3, 0.4) is 0 Å². The number of piperazine rings is 1. The number of hydrogen-bond acceptors (Lipinski definition) is 6. The van der Waals surface area contributed by atoms with Gasteiger partial charge in [-0.25, -0.2) is 15.0 Å². The van der Waals surface area contributed by atoms with E-state index in [1.165, 1.54) is 6.92 Å². The lowest BCUT2D eigenvalue weighted by Gasteiger charge is -2.36. The number of Topliss-reactive ketones (excluding diaryl/α,β-unsaturated/α-hetero) is 1. The number of thiocarbonyl (C=S) groups is 1. The highest BCUT2D eigenvalue weighted by Gasteiger charge is 2.22. The van der Waals surface area contributed by atoms with Gasteiger partial charge in [0.05, 0.1) is 0 Å². The number of aromatic nitrogens is 3.